The zero-order chi connectivity index (χ0) is 41.6. The first kappa shape index (κ1) is 45.6. The number of pyridine rings is 1. The Morgan fingerprint density at radius 2 is 1.57 bits per heavy atom. The Labute approximate surface area is 353 Å². The van der Waals surface area contributed by atoms with Gasteiger partial charge in [-0.15, -0.1) is 0 Å². The molecule has 4 aromatic carbocycles. The second-order valence-electron chi connectivity index (χ2n) is 15.6. The molecule has 320 valence electrons. The number of aromatic amines is 1. The van der Waals surface area contributed by atoms with E-state index in [1.54, 1.807) is 36.2 Å². The lowest BCUT2D eigenvalue weighted by molar-refractivity contribution is -0.131. The molecule has 0 spiro atoms. The van der Waals surface area contributed by atoms with E-state index >= 15 is 0 Å². The normalized spacial score (nSPS) is 16.3. The smallest absolute Gasteiger partial charge is 0.409 e. The number of para-hydroxylation sites is 1. The maximum Gasteiger partial charge on any atom is 0.409 e. The van der Waals surface area contributed by atoms with E-state index in [2.05, 4.69) is 44.8 Å². The number of aliphatic hydroxyl groups excluding tert-OH is 1. The molecule has 6 N–H and O–H groups in total. The van der Waals surface area contributed by atoms with Crippen LogP contribution in [0.5, 0.6) is 5.75 Å². The second-order valence-corrected chi connectivity index (χ2v) is 15.6. The third-order valence-electron chi connectivity index (χ3n) is 11.4. The molecule has 3 unspecified atom stereocenters. The third kappa shape index (κ3) is 13.0. The lowest BCUT2D eigenvalue weighted by atomic mass is 10.0. The highest BCUT2D eigenvalue weighted by atomic mass is 16.5. The molecule has 2 heterocycles. The van der Waals surface area contributed by atoms with Gasteiger partial charge in [0.2, 0.25) is 11.5 Å². The summed E-state index contributed by atoms with van der Waals surface area (Å²) >= 11 is 0. The van der Waals surface area contributed by atoms with Crippen LogP contribution in [0.3, 0.4) is 0 Å². The number of nitrogens with zero attached hydrogens (tertiary/aromatic N) is 2. The van der Waals surface area contributed by atoms with E-state index in [0.717, 1.165) is 42.3 Å². The molecule has 60 heavy (non-hydrogen) atoms. The Bertz CT molecular complexity index is 2170. The predicted octanol–water partition coefficient (Wildman–Crippen LogP) is 7.32. The number of carbonyl (C=O) groups excluding carboxylic acids is 1. The lowest BCUT2D eigenvalue weighted by Gasteiger charge is -2.19. The number of aliphatic hydroxyl groups is 1. The molecule has 5 aromatic rings. The van der Waals surface area contributed by atoms with Gasteiger partial charge in [0.1, 0.15) is 5.75 Å². The van der Waals surface area contributed by atoms with Crippen molar-refractivity contribution in [2.45, 2.75) is 52.1 Å². The van der Waals surface area contributed by atoms with Gasteiger partial charge in [0.25, 0.3) is 0 Å². The number of amides is 2. The van der Waals surface area contributed by atoms with Crippen molar-refractivity contribution in [1.82, 2.24) is 20.1 Å². The first-order valence-electron chi connectivity index (χ1n) is 20.6. The number of H-pyrrole nitrogens is 1. The van der Waals surface area contributed by atoms with E-state index in [0.29, 0.717) is 54.9 Å². The van der Waals surface area contributed by atoms with Crippen LogP contribution in [-0.2, 0) is 22.4 Å². The molecule has 2 aliphatic rings. The Hall–Kier alpha value is -5.53. The van der Waals surface area contributed by atoms with E-state index in [4.69, 9.17) is 9.84 Å². The largest absolute Gasteiger partial charge is 0.506 e. The quantitative estimate of drug-likeness (QED) is 0.0527. The van der Waals surface area contributed by atoms with Gasteiger partial charge in [-0.1, -0.05) is 92.7 Å². The number of phenols is 1. The van der Waals surface area contributed by atoms with Gasteiger partial charge in [0, 0.05) is 63.3 Å². The monoisotopic (exact) mass is 819 g/mol. The maximum atomic E-state index is 12.5. The van der Waals surface area contributed by atoms with Crippen molar-refractivity contribution in [2.75, 3.05) is 64.8 Å². The summed E-state index contributed by atoms with van der Waals surface area (Å²) in [6, 6.07) is 31.9. The molecular weight excluding hydrogens is 759 g/mol. The summed E-state index contributed by atoms with van der Waals surface area (Å²) < 4.78 is 5.75. The molecule has 7 rings (SSSR count). The highest BCUT2D eigenvalue weighted by molar-refractivity contribution is 5.90. The zero-order valence-corrected chi connectivity index (χ0v) is 33.8. The van der Waals surface area contributed by atoms with Gasteiger partial charge >= 0.3 is 6.09 Å². The number of fused-ring (bicyclic) bond motifs is 2. The molecule has 12 heteroatoms. The first-order valence-corrected chi connectivity index (χ1v) is 20.6. The molecule has 0 radical (unpaired) electrons. The fraction of sp³-hybridized carbons (Fsp3) is 0.396. The molecule has 1 saturated heterocycles. The van der Waals surface area contributed by atoms with Crippen LogP contribution >= 0.6 is 0 Å². The van der Waals surface area contributed by atoms with Crippen molar-refractivity contribution < 1.29 is 29.6 Å². The highest BCUT2D eigenvalue weighted by Gasteiger charge is 2.35. The first-order chi connectivity index (χ1) is 28.6. The van der Waals surface area contributed by atoms with Crippen molar-refractivity contribution in [3.63, 3.8) is 0 Å². The van der Waals surface area contributed by atoms with Crippen molar-refractivity contribution in [1.29, 1.82) is 0 Å². The number of likely N-dealkylation sites (N-methyl/N-ethyl adjacent to an activating group) is 1. The van der Waals surface area contributed by atoms with Crippen LogP contribution in [0.4, 0.5) is 10.5 Å². The second kappa shape index (κ2) is 22.7. The fourth-order valence-electron chi connectivity index (χ4n) is 8.16. The number of aromatic nitrogens is 1. The number of likely N-dealkylation sites (tertiary alicyclic amines) is 1. The molecule has 1 aromatic heterocycles. The van der Waals surface area contributed by atoms with E-state index in [-0.39, 0.29) is 31.2 Å². The summed E-state index contributed by atoms with van der Waals surface area (Å²) in [5.41, 5.74) is 5.71. The molecular formula is C48H61N5O7. The minimum absolute atomic E-state index is 0. The third-order valence-corrected chi connectivity index (χ3v) is 11.4. The van der Waals surface area contributed by atoms with Gasteiger partial charge in [-0.2, -0.15) is 0 Å². The number of carboxylic acid groups (broad SMARTS) is 1. The van der Waals surface area contributed by atoms with E-state index in [1.807, 2.05) is 42.5 Å². The molecule has 0 bridgehead atoms. The number of ether oxygens (including phenoxy) is 1. The molecule has 1 saturated carbocycles. The van der Waals surface area contributed by atoms with Gasteiger partial charge in [-0.25, -0.2) is 4.79 Å². The Kier molecular flexibility index (Phi) is 17.3. The molecule has 2 amide bonds. The van der Waals surface area contributed by atoms with E-state index < -0.39 is 12.2 Å². The number of carbonyl (C=O) groups is 2. The SMILES string of the molecule is C.CN(CCNCC(O)c1ccc(O)c2[nH]c(=O)ccc12)C(=O)CCOCCc1ccc(CCN2CC3CCCC3C2)cc1.O=C(O)Nc1ccccc1-c1ccccc1. The van der Waals surface area contributed by atoms with Crippen molar-refractivity contribution in [3.8, 4) is 16.9 Å². The van der Waals surface area contributed by atoms with Crippen LogP contribution in [0.25, 0.3) is 22.0 Å². The lowest BCUT2D eigenvalue weighted by Crippen LogP contribution is -2.35. The number of hydrogen-bond donors (Lipinski definition) is 6. The predicted molar refractivity (Wildman–Crippen MR) is 239 cm³/mol. The molecule has 1 aliphatic heterocycles. The van der Waals surface area contributed by atoms with Crippen LogP contribution < -0.4 is 16.2 Å². The number of benzene rings is 4. The van der Waals surface area contributed by atoms with Crippen LogP contribution in [0, 0.1) is 11.8 Å². The zero-order valence-electron chi connectivity index (χ0n) is 33.8. The molecule has 2 fully saturated rings. The molecule has 1 aliphatic carbocycles. The van der Waals surface area contributed by atoms with Crippen molar-refractivity contribution in [3.05, 3.63) is 130 Å². The standard InChI is InChI=1S/C34H46N4O5.C13H11NO2.CH4/c1-37(18-16-35-21-31(40)28-9-11-30(39)34-29(28)10-12-32(41)36-34)33(42)15-20-43-19-14-25-7-5-24(6-8-25)13-17-38-22-26-3-2-4-27(26)23-38;15-13(16)14-12-9-5-4-8-11(12)10-6-2-1-3-7-10;/h5-12,26-27,31,35,39-40H,2-4,13-23H2,1H3,(H,36,41);1-9,14H,(H,15,16);1H4. The number of phenolic OH excluding ortho intramolecular Hbond substituents is 1. The minimum atomic E-state index is -1.05. The van der Waals surface area contributed by atoms with Gasteiger partial charge < -0.3 is 40.2 Å². The van der Waals surface area contributed by atoms with Gasteiger partial charge in [0.05, 0.1) is 36.9 Å². The van der Waals surface area contributed by atoms with Gasteiger partial charge in [-0.3, -0.25) is 14.9 Å². The highest BCUT2D eigenvalue weighted by Crippen LogP contribution is 2.37. The maximum absolute atomic E-state index is 12.5. The Morgan fingerprint density at radius 3 is 2.28 bits per heavy atom. The van der Waals surface area contributed by atoms with Crippen LogP contribution in [0.15, 0.2) is 108 Å². The summed E-state index contributed by atoms with van der Waals surface area (Å²) in [7, 11) is 1.77. The van der Waals surface area contributed by atoms with E-state index in [9.17, 15) is 24.6 Å². The Morgan fingerprint density at radius 1 is 0.883 bits per heavy atom. The summed E-state index contributed by atoms with van der Waals surface area (Å²) in [4.78, 5) is 41.7. The van der Waals surface area contributed by atoms with E-state index in [1.165, 1.54) is 55.6 Å². The summed E-state index contributed by atoms with van der Waals surface area (Å²) in [5.74, 6) is 1.88. The minimum Gasteiger partial charge on any atom is -0.506 e. The van der Waals surface area contributed by atoms with Gasteiger partial charge in [-0.05, 0) is 78.0 Å². The number of nitrogens with one attached hydrogen (secondary N) is 3. The Balaban J connectivity index is 0.000000336. The van der Waals surface area contributed by atoms with Crippen molar-refractivity contribution >= 4 is 28.6 Å². The number of rotatable bonds is 17. The molecule has 3 atom stereocenters. The number of hydrogen-bond acceptors (Lipinski definition) is 8. The number of aromatic hydroxyl groups is 1. The fourth-order valence-corrected chi connectivity index (χ4v) is 8.16. The average molecular weight is 820 g/mol. The summed E-state index contributed by atoms with van der Waals surface area (Å²) in [6.07, 6.45) is 4.67. The van der Waals surface area contributed by atoms with Crippen LogP contribution in [0.1, 0.15) is 55.9 Å². The molecule has 12 nitrogen and oxygen atoms in total. The number of anilines is 1. The average Bonchev–Trinajstić information content (AvgIpc) is 3.85. The van der Waals surface area contributed by atoms with Gasteiger partial charge in [0.15, 0.2) is 0 Å². The van der Waals surface area contributed by atoms with Crippen molar-refractivity contribution in [2.24, 2.45) is 11.8 Å². The van der Waals surface area contributed by atoms with Crippen LogP contribution in [-0.4, -0.2) is 102 Å². The summed E-state index contributed by atoms with van der Waals surface area (Å²) in [5, 5.41) is 35.6. The van der Waals surface area contributed by atoms with Crippen LogP contribution in [0.2, 0.25) is 0 Å². The summed E-state index contributed by atoms with van der Waals surface area (Å²) in [6.45, 7) is 6.02. The topological polar surface area (TPSA) is 167 Å².